The van der Waals surface area contributed by atoms with E-state index in [0.717, 1.165) is 28.7 Å². The van der Waals surface area contributed by atoms with Crippen molar-refractivity contribution in [2.75, 3.05) is 18.5 Å². The number of hydrogen-bond donors (Lipinski definition) is 1. The highest BCUT2D eigenvalue weighted by Gasteiger charge is 2.16. The summed E-state index contributed by atoms with van der Waals surface area (Å²) in [6.07, 6.45) is 2.73. The smallest absolute Gasteiger partial charge is 0.358 e. The molecule has 0 aliphatic rings. The van der Waals surface area contributed by atoms with Gasteiger partial charge in [0.1, 0.15) is 0 Å². The molecule has 7 heteroatoms. The molecule has 0 aromatic carbocycles. The molecule has 2 aromatic heterocycles. The molecule has 108 valence electrons. The molecule has 0 unspecified atom stereocenters. The van der Waals surface area contributed by atoms with Crippen molar-refractivity contribution in [3.63, 3.8) is 0 Å². The summed E-state index contributed by atoms with van der Waals surface area (Å²) in [4.78, 5) is 16.8. The van der Waals surface area contributed by atoms with Crippen molar-refractivity contribution in [1.82, 2.24) is 14.8 Å². The topological polar surface area (TPSA) is 69.0 Å². The van der Waals surface area contributed by atoms with Crippen LogP contribution in [0.15, 0.2) is 12.3 Å². The molecule has 0 bridgehead atoms. The van der Waals surface area contributed by atoms with E-state index in [2.05, 4.69) is 15.4 Å². The number of nitrogens with one attached hydrogen (secondary N) is 1. The first-order valence-corrected chi connectivity index (χ1v) is 7.28. The number of thiazole rings is 1. The second-order valence-electron chi connectivity index (χ2n) is 4.30. The lowest BCUT2D eigenvalue weighted by molar-refractivity contribution is 0.0519. The zero-order valence-electron chi connectivity index (χ0n) is 11.8. The molecule has 2 aromatic rings. The van der Waals surface area contributed by atoms with Crippen molar-refractivity contribution in [3.05, 3.63) is 28.5 Å². The van der Waals surface area contributed by atoms with Crippen molar-refractivity contribution in [1.29, 1.82) is 0 Å². The Balaban J connectivity index is 1.90. The molecule has 20 heavy (non-hydrogen) atoms. The van der Waals surface area contributed by atoms with E-state index in [4.69, 9.17) is 4.74 Å². The van der Waals surface area contributed by atoms with Crippen molar-refractivity contribution >= 4 is 22.4 Å². The van der Waals surface area contributed by atoms with Crippen LogP contribution in [-0.4, -0.2) is 33.9 Å². The second kappa shape index (κ2) is 6.51. The van der Waals surface area contributed by atoms with Crippen molar-refractivity contribution in [2.24, 2.45) is 7.05 Å². The van der Waals surface area contributed by atoms with E-state index in [9.17, 15) is 4.79 Å². The lowest BCUT2D eigenvalue weighted by atomic mass is 10.3. The zero-order chi connectivity index (χ0) is 14.5. The van der Waals surface area contributed by atoms with Crippen LogP contribution in [0.3, 0.4) is 0 Å². The maximum Gasteiger partial charge on any atom is 0.358 e. The third kappa shape index (κ3) is 3.57. The summed E-state index contributed by atoms with van der Waals surface area (Å²) in [7, 11) is 1.90. The van der Waals surface area contributed by atoms with Gasteiger partial charge in [-0.15, -0.1) is 11.3 Å². The van der Waals surface area contributed by atoms with Crippen LogP contribution in [0.25, 0.3) is 0 Å². The van der Waals surface area contributed by atoms with Gasteiger partial charge in [-0.05, 0) is 19.9 Å². The fourth-order valence-electron chi connectivity index (χ4n) is 1.75. The molecule has 0 saturated carbocycles. The van der Waals surface area contributed by atoms with E-state index in [1.165, 1.54) is 11.3 Å². The Hall–Kier alpha value is -1.89. The molecule has 0 saturated heterocycles. The van der Waals surface area contributed by atoms with Crippen LogP contribution in [-0.2, 0) is 18.2 Å². The van der Waals surface area contributed by atoms with E-state index in [-0.39, 0.29) is 5.97 Å². The van der Waals surface area contributed by atoms with Gasteiger partial charge in [-0.3, -0.25) is 4.68 Å². The molecule has 0 aliphatic carbocycles. The summed E-state index contributed by atoms with van der Waals surface area (Å²) in [5.41, 5.74) is 1.43. The van der Waals surface area contributed by atoms with E-state index in [1.54, 1.807) is 11.6 Å². The third-order valence-electron chi connectivity index (χ3n) is 2.69. The Morgan fingerprint density at radius 2 is 2.35 bits per heavy atom. The molecular weight excluding hydrogens is 276 g/mol. The number of nitrogens with zero attached hydrogens (tertiary/aromatic N) is 3. The summed E-state index contributed by atoms with van der Waals surface area (Å²) in [6.45, 7) is 4.74. The average Bonchev–Trinajstić information content (AvgIpc) is 2.96. The zero-order valence-corrected chi connectivity index (χ0v) is 12.7. The number of rotatable bonds is 6. The minimum Gasteiger partial charge on any atom is -0.461 e. The maximum atomic E-state index is 11.7. The predicted octanol–water partition coefficient (Wildman–Crippen LogP) is 2.02. The lowest BCUT2D eigenvalue weighted by Crippen LogP contribution is -2.08. The summed E-state index contributed by atoms with van der Waals surface area (Å²) < 4.78 is 6.74. The maximum absolute atomic E-state index is 11.7. The first-order valence-electron chi connectivity index (χ1n) is 6.47. The van der Waals surface area contributed by atoms with Crippen LogP contribution in [0, 0.1) is 6.92 Å². The van der Waals surface area contributed by atoms with Crippen molar-refractivity contribution in [3.8, 4) is 0 Å². The van der Waals surface area contributed by atoms with Crippen LogP contribution in [0.5, 0.6) is 0 Å². The molecule has 2 rings (SSSR count). The fourth-order valence-corrected chi connectivity index (χ4v) is 2.58. The third-order valence-corrected chi connectivity index (χ3v) is 3.62. The average molecular weight is 294 g/mol. The van der Waals surface area contributed by atoms with E-state index in [0.29, 0.717) is 12.3 Å². The molecule has 0 amide bonds. The molecular formula is C13H18N4O2S. The lowest BCUT2D eigenvalue weighted by Gasteiger charge is -2.00. The Labute approximate surface area is 121 Å². The molecule has 0 atom stereocenters. The van der Waals surface area contributed by atoms with E-state index >= 15 is 0 Å². The number of aromatic nitrogens is 3. The van der Waals surface area contributed by atoms with E-state index < -0.39 is 0 Å². The second-order valence-corrected chi connectivity index (χ2v) is 5.50. The first-order chi connectivity index (χ1) is 9.60. The Morgan fingerprint density at radius 3 is 3.00 bits per heavy atom. The van der Waals surface area contributed by atoms with Crippen LogP contribution < -0.4 is 5.32 Å². The van der Waals surface area contributed by atoms with Crippen LogP contribution >= 0.6 is 11.3 Å². The van der Waals surface area contributed by atoms with Gasteiger partial charge in [-0.1, -0.05) is 0 Å². The number of carbonyl (C=O) groups excluding carboxylic acids is 1. The predicted molar refractivity (Wildman–Crippen MR) is 78.2 cm³/mol. The molecule has 1 N–H and O–H groups in total. The summed E-state index contributed by atoms with van der Waals surface area (Å²) in [5.74, 6) is -0.362. The summed E-state index contributed by atoms with van der Waals surface area (Å²) in [6, 6.07) is 1.98. The molecule has 0 fully saturated rings. The van der Waals surface area contributed by atoms with Crippen molar-refractivity contribution < 1.29 is 9.53 Å². The molecule has 2 heterocycles. The largest absolute Gasteiger partial charge is 0.461 e. The number of anilines is 1. The highest BCUT2D eigenvalue weighted by Crippen LogP contribution is 2.22. The summed E-state index contributed by atoms with van der Waals surface area (Å²) in [5, 5.41) is 8.25. The highest BCUT2D eigenvalue weighted by atomic mass is 32.1. The van der Waals surface area contributed by atoms with Gasteiger partial charge in [-0.25, -0.2) is 9.78 Å². The Kier molecular flexibility index (Phi) is 4.73. The van der Waals surface area contributed by atoms with Gasteiger partial charge in [0.05, 0.1) is 12.3 Å². The molecule has 0 radical (unpaired) electrons. The summed E-state index contributed by atoms with van der Waals surface area (Å²) >= 11 is 1.46. The van der Waals surface area contributed by atoms with Gasteiger partial charge < -0.3 is 10.1 Å². The fraction of sp³-hybridized carbons (Fsp3) is 0.462. The van der Waals surface area contributed by atoms with Gasteiger partial charge in [0, 0.05) is 31.1 Å². The number of aryl methyl sites for hydroxylation is 2. The van der Waals surface area contributed by atoms with Crippen molar-refractivity contribution in [2.45, 2.75) is 20.3 Å². The molecule has 6 nitrogen and oxygen atoms in total. The number of ether oxygens (including phenoxy) is 1. The van der Waals surface area contributed by atoms with Crippen LogP contribution in [0.2, 0.25) is 0 Å². The number of esters is 1. The number of hydrogen-bond acceptors (Lipinski definition) is 6. The van der Waals surface area contributed by atoms with Gasteiger partial charge >= 0.3 is 5.97 Å². The van der Waals surface area contributed by atoms with Crippen LogP contribution in [0.4, 0.5) is 5.13 Å². The molecule has 0 spiro atoms. The highest BCUT2D eigenvalue weighted by molar-refractivity contribution is 7.15. The number of carbonyl (C=O) groups is 1. The van der Waals surface area contributed by atoms with Gasteiger partial charge in [0.2, 0.25) is 0 Å². The Bertz CT molecular complexity index is 591. The quantitative estimate of drug-likeness (QED) is 0.825. The SMILES string of the molecule is CCOC(=O)c1nc(NCCc2ccn(C)n2)sc1C. The minimum absolute atomic E-state index is 0.359. The molecule has 0 aliphatic heterocycles. The monoisotopic (exact) mass is 294 g/mol. The minimum atomic E-state index is -0.362. The Morgan fingerprint density at radius 1 is 1.55 bits per heavy atom. The van der Waals surface area contributed by atoms with Crippen LogP contribution in [0.1, 0.15) is 28.0 Å². The van der Waals surface area contributed by atoms with Gasteiger partial charge in [0.15, 0.2) is 10.8 Å². The normalized spacial score (nSPS) is 10.6. The van der Waals surface area contributed by atoms with Gasteiger partial charge in [0.25, 0.3) is 0 Å². The first kappa shape index (κ1) is 14.5. The standard InChI is InChI=1S/C13H18N4O2S/c1-4-19-12(18)11-9(2)20-13(15-11)14-7-5-10-6-8-17(3)16-10/h6,8H,4-5,7H2,1-3H3,(H,14,15). The van der Waals surface area contributed by atoms with Gasteiger partial charge in [-0.2, -0.15) is 5.10 Å². The van der Waals surface area contributed by atoms with E-state index in [1.807, 2.05) is 26.2 Å².